The molecule has 1 aromatic heterocycles. The zero-order valence-electron chi connectivity index (χ0n) is 9.41. The summed E-state index contributed by atoms with van der Waals surface area (Å²) in [6.07, 6.45) is 3.11. The number of thiocarbonyl (C=S) groups is 1. The van der Waals surface area contributed by atoms with Crippen molar-refractivity contribution in [2.24, 2.45) is 11.7 Å². The van der Waals surface area contributed by atoms with Crippen LogP contribution in [0, 0.1) is 5.92 Å². The lowest BCUT2D eigenvalue weighted by Crippen LogP contribution is -2.23. The second-order valence-corrected chi connectivity index (χ2v) is 3.97. The normalized spacial score (nSPS) is 10.4. The van der Waals surface area contributed by atoms with Gasteiger partial charge in [0.2, 0.25) is 5.91 Å². The third-order valence-corrected chi connectivity index (χ3v) is 2.73. The van der Waals surface area contributed by atoms with Crippen LogP contribution in [-0.4, -0.2) is 21.1 Å². The largest absolute Gasteiger partial charge is 0.389 e. The number of hydrogen-bond donors (Lipinski definition) is 3. The van der Waals surface area contributed by atoms with Crippen molar-refractivity contribution in [3.63, 3.8) is 0 Å². The summed E-state index contributed by atoms with van der Waals surface area (Å²) in [6.45, 7) is 3.96. The lowest BCUT2D eigenvalue weighted by atomic mass is 10.0. The van der Waals surface area contributed by atoms with Crippen LogP contribution in [0.25, 0.3) is 0 Å². The van der Waals surface area contributed by atoms with Gasteiger partial charge < -0.3 is 11.1 Å². The first-order valence-electron chi connectivity index (χ1n) is 5.24. The first-order chi connectivity index (χ1) is 7.60. The number of nitrogens with zero attached hydrogens (tertiary/aromatic N) is 1. The Kier molecular flexibility index (Phi) is 4.42. The van der Waals surface area contributed by atoms with Gasteiger partial charge in [0, 0.05) is 5.92 Å². The average Bonchev–Trinajstić information content (AvgIpc) is 2.67. The summed E-state index contributed by atoms with van der Waals surface area (Å²) >= 11 is 4.85. The van der Waals surface area contributed by atoms with Crippen LogP contribution in [0.1, 0.15) is 32.3 Å². The summed E-state index contributed by atoms with van der Waals surface area (Å²) < 4.78 is 0. The minimum atomic E-state index is -0.0354. The molecule has 0 atom stereocenters. The highest BCUT2D eigenvalue weighted by atomic mass is 32.1. The fourth-order valence-electron chi connectivity index (χ4n) is 1.45. The molecule has 1 rings (SSSR count). The zero-order chi connectivity index (χ0) is 12.1. The lowest BCUT2D eigenvalue weighted by Gasteiger charge is -2.12. The second-order valence-electron chi connectivity index (χ2n) is 3.53. The van der Waals surface area contributed by atoms with Gasteiger partial charge in [-0.25, -0.2) is 0 Å². The standard InChI is InChI=1S/C10H16N4OS/c1-3-6(4-2)10(15)13-9-7(8(11)16)5-12-14-9/h5-6H,3-4H2,1-2H3,(H2,11,16)(H2,12,13,14,15). The molecule has 0 aliphatic heterocycles. The van der Waals surface area contributed by atoms with E-state index in [0.717, 1.165) is 12.8 Å². The van der Waals surface area contributed by atoms with Gasteiger partial charge in [0.25, 0.3) is 0 Å². The molecule has 0 aliphatic carbocycles. The van der Waals surface area contributed by atoms with Gasteiger partial charge in [-0.15, -0.1) is 0 Å². The van der Waals surface area contributed by atoms with Crippen LogP contribution < -0.4 is 11.1 Å². The Balaban J connectivity index is 2.76. The Morgan fingerprint density at radius 1 is 1.62 bits per heavy atom. The molecule has 5 nitrogen and oxygen atoms in total. The highest BCUT2D eigenvalue weighted by Gasteiger charge is 2.17. The smallest absolute Gasteiger partial charge is 0.228 e. The Morgan fingerprint density at radius 2 is 2.25 bits per heavy atom. The summed E-state index contributed by atoms with van der Waals surface area (Å²) in [5.74, 6) is 0.443. The molecular formula is C10H16N4OS. The van der Waals surface area contributed by atoms with E-state index in [-0.39, 0.29) is 16.8 Å². The van der Waals surface area contributed by atoms with E-state index in [1.54, 1.807) is 0 Å². The molecule has 0 unspecified atom stereocenters. The Hall–Kier alpha value is -1.43. The number of aromatic amines is 1. The molecule has 0 aromatic carbocycles. The SMILES string of the molecule is CCC(CC)C(=O)Nc1[nH]ncc1C(N)=S. The van der Waals surface area contributed by atoms with Crippen LogP contribution in [0.5, 0.6) is 0 Å². The minimum absolute atomic E-state index is 0.00231. The van der Waals surface area contributed by atoms with Crippen molar-refractivity contribution in [1.29, 1.82) is 0 Å². The van der Waals surface area contributed by atoms with Gasteiger partial charge in [-0.1, -0.05) is 26.1 Å². The number of nitrogens with two attached hydrogens (primary N) is 1. The van der Waals surface area contributed by atoms with Crippen molar-refractivity contribution in [2.75, 3.05) is 5.32 Å². The number of aromatic nitrogens is 2. The molecule has 0 aliphatic rings. The summed E-state index contributed by atoms with van der Waals surface area (Å²) in [5.41, 5.74) is 6.06. The Labute approximate surface area is 99.8 Å². The van der Waals surface area contributed by atoms with E-state index in [9.17, 15) is 4.79 Å². The van der Waals surface area contributed by atoms with Crippen LogP contribution in [-0.2, 0) is 4.79 Å². The Bertz CT molecular complexity index is 384. The van der Waals surface area contributed by atoms with E-state index in [1.165, 1.54) is 6.20 Å². The minimum Gasteiger partial charge on any atom is -0.389 e. The van der Waals surface area contributed by atoms with Gasteiger partial charge in [-0.05, 0) is 12.8 Å². The summed E-state index contributed by atoms with van der Waals surface area (Å²) in [4.78, 5) is 12.0. The van der Waals surface area contributed by atoms with Crippen molar-refractivity contribution in [3.8, 4) is 0 Å². The Morgan fingerprint density at radius 3 is 2.75 bits per heavy atom. The van der Waals surface area contributed by atoms with Crippen molar-refractivity contribution >= 4 is 28.9 Å². The van der Waals surface area contributed by atoms with Crippen molar-refractivity contribution in [1.82, 2.24) is 10.2 Å². The number of hydrogen-bond acceptors (Lipinski definition) is 3. The quantitative estimate of drug-likeness (QED) is 0.680. The predicted molar refractivity (Wildman–Crippen MR) is 67.2 cm³/mol. The van der Waals surface area contributed by atoms with E-state index in [2.05, 4.69) is 15.5 Å². The summed E-state index contributed by atoms with van der Waals surface area (Å²) in [5, 5.41) is 9.22. The third kappa shape index (κ3) is 2.79. The average molecular weight is 240 g/mol. The van der Waals surface area contributed by atoms with Gasteiger partial charge in [0.15, 0.2) is 0 Å². The second kappa shape index (κ2) is 5.60. The van der Waals surface area contributed by atoms with Crippen LogP contribution in [0.3, 0.4) is 0 Å². The maximum atomic E-state index is 11.8. The molecule has 6 heteroatoms. The van der Waals surface area contributed by atoms with Crippen molar-refractivity contribution < 1.29 is 4.79 Å². The molecule has 1 aromatic rings. The first-order valence-corrected chi connectivity index (χ1v) is 5.65. The van der Waals surface area contributed by atoms with Crippen LogP contribution in [0.15, 0.2) is 6.20 Å². The number of carbonyl (C=O) groups excluding carboxylic acids is 1. The number of anilines is 1. The maximum absolute atomic E-state index is 11.8. The first kappa shape index (κ1) is 12.6. The fourth-order valence-corrected chi connectivity index (χ4v) is 1.61. The summed E-state index contributed by atoms with van der Waals surface area (Å²) in [7, 11) is 0. The molecule has 1 heterocycles. The molecule has 16 heavy (non-hydrogen) atoms. The van der Waals surface area contributed by atoms with Gasteiger partial charge >= 0.3 is 0 Å². The highest BCUT2D eigenvalue weighted by Crippen LogP contribution is 2.14. The number of H-pyrrole nitrogens is 1. The van der Waals surface area contributed by atoms with E-state index >= 15 is 0 Å². The van der Waals surface area contributed by atoms with Gasteiger partial charge in [-0.2, -0.15) is 5.10 Å². The predicted octanol–water partition coefficient (Wildman–Crippen LogP) is 1.42. The molecular weight excluding hydrogens is 224 g/mol. The molecule has 0 fully saturated rings. The maximum Gasteiger partial charge on any atom is 0.228 e. The van der Waals surface area contributed by atoms with Crippen LogP contribution in [0.4, 0.5) is 5.82 Å². The third-order valence-electron chi connectivity index (χ3n) is 2.51. The van der Waals surface area contributed by atoms with Gasteiger partial charge in [0.05, 0.1) is 11.8 Å². The van der Waals surface area contributed by atoms with Gasteiger partial charge in [0.1, 0.15) is 10.8 Å². The molecule has 0 radical (unpaired) electrons. The molecule has 4 N–H and O–H groups in total. The zero-order valence-corrected chi connectivity index (χ0v) is 10.2. The van der Waals surface area contributed by atoms with Crippen LogP contribution >= 0.6 is 12.2 Å². The molecule has 0 saturated heterocycles. The molecule has 0 saturated carbocycles. The number of rotatable bonds is 5. The van der Waals surface area contributed by atoms with Crippen LogP contribution in [0.2, 0.25) is 0 Å². The van der Waals surface area contributed by atoms with E-state index in [0.29, 0.717) is 11.4 Å². The molecule has 1 amide bonds. The molecule has 0 spiro atoms. The molecule has 0 bridgehead atoms. The van der Waals surface area contributed by atoms with Crippen molar-refractivity contribution in [2.45, 2.75) is 26.7 Å². The van der Waals surface area contributed by atoms with Crippen molar-refractivity contribution in [3.05, 3.63) is 11.8 Å². The summed E-state index contributed by atoms with van der Waals surface area (Å²) in [6, 6.07) is 0. The monoisotopic (exact) mass is 240 g/mol. The van der Waals surface area contributed by atoms with E-state index in [1.807, 2.05) is 13.8 Å². The topological polar surface area (TPSA) is 83.8 Å². The number of carbonyl (C=O) groups is 1. The number of nitrogens with one attached hydrogen (secondary N) is 2. The highest BCUT2D eigenvalue weighted by molar-refractivity contribution is 7.80. The van der Waals surface area contributed by atoms with E-state index in [4.69, 9.17) is 18.0 Å². The number of amides is 1. The van der Waals surface area contributed by atoms with E-state index < -0.39 is 0 Å². The lowest BCUT2D eigenvalue weighted by molar-refractivity contribution is -0.120. The fraction of sp³-hybridized carbons (Fsp3) is 0.500. The van der Waals surface area contributed by atoms with Gasteiger partial charge in [-0.3, -0.25) is 9.89 Å². The molecule has 88 valence electrons.